The molecule has 17 heavy (non-hydrogen) atoms. The molecule has 0 fully saturated rings. The molecule has 0 spiro atoms. The van der Waals surface area contributed by atoms with Gasteiger partial charge >= 0.3 is 0 Å². The SMILES string of the molecule is CNCCCC1CCCc2c(OC)cccc21. The predicted molar refractivity (Wildman–Crippen MR) is 71.8 cm³/mol. The van der Waals surface area contributed by atoms with Gasteiger partial charge in [0, 0.05) is 0 Å². The Morgan fingerprint density at radius 2 is 2.29 bits per heavy atom. The van der Waals surface area contributed by atoms with Crippen molar-refractivity contribution in [1.29, 1.82) is 0 Å². The lowest BCUT2D eigenvalue weighted by atomic mass is 9.80. The van der Waals surface area contributed by atoms with Crippen molar-refractivity contribution in [3.8, 4) is 5.75 Å². The summed E-state index contributed by atoms with van der Waals surface area (Å²) in [6.07, 6.45) is 6.38. The van der Waals surface area contributed by atoms with Gasteiger partial charge in [0.1, 0.15) is 5.75 Å². The van der Waals surface area contributed by atoms with Crippen molar-refractivity contribution in [1.82, 2.24) is 5.32 Å². The van der Waals surface area contributed by atoms with Gasteiger partial charge in [-0.1, -0.05) is 12.1 Å². The van der Waals surface area contributed by atoms with Crippen molar-refractivity contribution in [2.75, 3.05) is 20.7 Å². The van der Waals surface area contributed by atoms with Crippen molar-refractivity contribution < 1.29 is 4.74 Å². The maximum atomic E-state index is 5.47. The first-order chi connectivity index (χ1) is 8.36. The molecule has 1 atom stereocenters. The summed E-state index contributed by atoms with van der Waals surface area (Å²) in [4.78, 5) is 0. The van der Waals surface area contributed by atoms with Gasteiger partial charge in [-0.15, -0.1) is 0 Å². The Kier molecular flexibility index (Phi) is 4.43. The van der Waals surface area contributed by atoms with Crippen molar-refractivity contribution in [2.24, 2.45) is 0 Å². The van der Waals surface area contributed by atoms with Gasteiger partial charge in [0.2, 0.25) is 0 Å². The second kappa shape index (κ2) is 6.06. The largest absolute Gasteiger partial charge is 0.496 e. The van der Waals surface area contributed by atoms with E-state index in [4.69, 9.17) is 4.74 Å². The summed E-state index contributed by atoms with van der Waals surface area (Å²) >= 11 is 0. The third-order valence-corrected chi connectivity index (χ3v) is 3.79. The molecule has 0 amide bonds. The normalized spacial score (nSPS) is 18.8. The van der Waals surface area contributed by atoms with Gasteiger partial charge in [-0.05, 0) is 68.8 Å². The van der Waals surface area contributed by atoms with Crippen LogP contribution in [-0.2, 0) is 6.42 Å². The fourth-order valence-corrected chi connectivity index (χ4v) is 2.93. The van der Waals surface area contributed by atoms with Crippen LogP contribution < -0.4 is 10.1 Å². The Labute approximate surface area is 104 Å². The highest BCUT2D eigenvalue weighted by Gasteiger charge is 2.21. The zero-order valence-corrected chi connectivity index (χ0v) is 11.0. The van der Waals surface area contributed by atoms with E-state index in [1.54, 1.807) is 7.11 Å². The van der Waals surface area contributed by atoms with Crippen LogP contribution in [0.25, 0.3) is 0 Å². The van der Waals surface area contributed by atoms with Crippen molar-refractivity contribution in [3.63, 3.8) is 0 Å². The van der Waals surface area contributed by atoms with Crippen LogP contribution in [0.1, 0.15) is 42.7 Å². The molecule has 1 aromatic rings. The van der Waals surface area contributed by atoms with Crippen molar-refractivity contribution in [2.45, 2.75) is 38.0 Å². The van der Waals surface area contributed by atoms with E-state index >= 15 is 0 Å². The van der Waals surface area contributed by atoms with Gasteiger partial charge in [-0.25, -0.2) is 0 Å². The zero-order valence-electron chi connectivity index (χ0n) is 11.0. The zero-order chi connectivity index (χ0) is 12.1. The number of benzene rings is 1. The first-order valence-corrected chi connectivity index (χ1v) is 6.67. The maximum Gasteiger partial charge on any atom is 0.122 e. The summed E-state index contributed by atoms with van der Waals surface area (Å²) in [5.74, 6) is 1.82. The van der Waals surface area contributed by atoms with Crippen LogP contribution in [-0.4, -0.2) is 20.7 Å². The van der Waals surface area contributed by atoms with Gasteiger partial charge in [0.15, 0.2) is 0 Å². The molecule has 1 aromatic carbocycles. The van der Waals surface area contributed by atoms with E-state index < -0.39 is 0 Å². The molecule has 0 aromatic heterocycles. The average molecular weight is 233 g/mol. The Hall–Kier alpha value is -1.02. The van der Waals surface area contributed by atoms with E-state index in [0.717, 1.165) is 18.2 Å². The summed E-state index contributed by atoms with van der Waals surface area (Å²) in [5.41, 5.74) is 2.99. The van der Waals surface area contributed by atoms with Crippen LogP contribution in [0.5, 0.6) is 5.75 Å². The molecule has 0 saturated carbocycles. The lowest BCUT2D eigenvalue weighted by Gasteiger charge is -2.26. The summed E-state index contributed by atoms with van der Waals surface area (Å²) in [7, 11) is 3.80. The predicted octanol–water partition coefficient (Wildman–Crippen LogP) is 3.11. The van der Waals surface area contributed by atoms with E-state index in [9.17, 15) is 0 Å². The first kappa shape index (κ1) is 12.4. The first-order valence-electron chi connectivity index (χ1n) is 6.67. The Bertz CT molecular complexity index is 362. The van der Waals surface area contributed by atoms with E-state index in [2.05, 4.69) is 23.5 Å². The molecule has 1 aliphatic carbocycles. The summed E-state index contributed by atoms with van der Waals surface area (Å²) < 4.78 is 5.47. The molecule has 0 aliphatic heterocycles. The third-order valence-electron chi connectivity index (χ3n) is 3.79. The molecule has 1 aliphatic rings. The molecular formula is C15H23NO. The molecule has 0 bridgehead atoms. The minimum absolute atomic E-state index is 0.738. The Morgan fingerprint density at radius 3 is 3.06 bits per heavy atom. The van der Waals surface area contributed by atoms with Crippen molar-refractivity contribution in [3.05, 3.63) is 29.3 Å². The highest BCUT2D eigenvalue weighted by molar-refractivity contribution is 5.43. The molecule has 2 nitrogen and oxygen atoms in total. The topological polar surface area (TPSA) is 21.3 Å². The molecule has 2 rings (SSSR count). The number of hydrogen-bond donors (Lipinski definition) is 1. The number of methoxy groups -OCH3 is 1. The second-order valence-corrected chi connectivity index (χ2v) is 4.86. The molecule has 0 saturated heterocycles. The fraction of sp³-hybridized carbons (Fsp3) is 0.600. The molecule has 0 radical (unpaired) electrons. The lowest BCUT2D eigenvalue weighted by molar-refractivity contribution is 0.400. The molecule has 1 unspecified atom stereocenters. The highest BCUT2D eigenvalue weighted by atomic mass is 16.5. The fourth-order valence-electron chi connectivity index (χ4n) is 2.93. The number of nitrogens with one attached hydrogen (secondary N) is 1. The van der Waals surface area contributed by atoms with Crippen molar-refractivity contribution >= 4 is 0 Å². The van der Waals surface area contributed by atoms with E-state index in [1.807, 2.05) is 7.05 Å². The van der Waals surface area contributed by atoms with Crippen LogP contribution in [0.15, 0.2) is 18.2 Å². The minimum Gasteiger partial charge on any atom is -0.496 e. The molecular weight excluding hydrogens is 210 g/mol. The van der Waals surface area contributed by atoms with E-state index in [1.165, 1.54) is 43.2 Å². The Balaban J connectivity index is 2.13. The molecule has 1 N–H and O–H groups in total. The minimum atomic E-state index is 0.738. The standard InChI is InChI=1S/C15H23NO/c1-16-11-5-7-12-6-3-9-14-13(12)8-4-10-15(14)17-2/h4,8,10,12,16H,3,5-7,9,11H2,1-2H3. The Morgan fingerprint density at radius 1 is 1.41 bits per heavy atom. The van der Waals surface area contributed by atoms with Gasteiger partial charge in [-0.2, -0.15) is 0 Å². The van der Waals surface area contributed by atoms with Gasteiger partial charge in [-0.3, -0.25) is 0 Å². The van der Waals surface area contributed by atoms with Crippen LogP contribution >= 0.6 is 0 Å². The van der Waals surface area contributed by atoms with E-state index in [0.29, 0.717) is 0 Å². The molecule has 94 valence electrons. The number of rotatable bonds is 5. The third kappa shape index (κ3) is 2.81. The number of ether oxygens (including phenoxy) is 1. The van der Waals surface area contributed by atoms with Gasteiger partial charge in [0.05, 0.1) is 7.11 Å². The summed E-state index contributed by atoms with van der Waals surface area (Å²) in [6.45, 7) is 1.12. The number of hydrogen-bond acceptors (Lipinski definition) is 2. The van der Waals surface area contributed by atoms with Crippen LogP contribution in [0.4, 0.5) is 0 Å². The van der Waals surface area contributed by atoms with Crippen LogP contribution in [0, 0.1) is 0 Å². The second-order valence-electron chi connectivity index (χ2n) is 4.86. The van der Waals surface area contributed by atoms with Gasteiger partial charge in [0.25, 0.3) is 0 Å². The van der Waals surface area contributed by atoms with Gasteiger partial charge < -0.3 is 10.1 Å². The number of fused-ring (bicyclic) bond motifs is 1. The highest BCUT2D eigenvalue weighted by Crippen LogP contribution is 2.38. The molecule has 0 heterocycles. The summed E-state index contributed by atoms with van der Waals surface area (Å²) in [6, 6.07) is 6.52. The quantitative estimate of drug-likeness (QED) is 0.789. The average Bonchev–Trinajstić information content (AvgIpc) is 2.38. The monoisotopic (exact) mass is 233 g/mol. The maximum absolute atomic E-state index is 5.47. The summed E-state index contributed by atoms with van der Waals surface area (Å²) in [5, 5.41) is 3.23. The van der Waals surface area contributed by atoms with E-state index in [-0.39, 0.29) is 0 Å². The van der Waals surface area contributed by atoms with Crippen LogP contribution in [0.3, 0.4) is 0 Å². The molecule has 2 heteroatoms. The van der Waals surface area contributed by atoms with Crippen LogP contribution in [0.2, 0.25) is 0 Å². The smallest absolute Gasteiger partial charge is 0.122 e. The lowest BCUT2D eigenvalue weighted by Crippen LogP contribution is -2.14.